The molecule has 0 amide bonds. The first kappa shape index (κ1) is 12.5. The van der Waals surface area contributed by atoms with Gasteiger partial charge < -0.3 is 9.84 Å². The molecule has 16 heavy (non-hydrogen) atoms. The fourth-order valence-electron chi connectivity index (χ4n) is 1.33. The summed E-state index contributed by atoms with van der Waals surface area (Å²) in [7, 11) is 0. The van der Waals surface area contributed by atoms with Gasteiger partial charge in [0.2, 0.25) is 0 Å². The van der Waals surface area contributed by atoms with Crippen LogP contribution in [-0.2, 0) is 4.79 Å². The number of rotatable bonds is 6. The molecule has 0 aliphatic rings. The molecule has 0 bridgehead atoms. The first-order valence-electron chi connectivity index (χ1n) is 5.28. The number of benzene rings is 1. The van der Waals surface area contributed by atoms with Crippen molar-refractivity contribution in [2.75, 3.05) is 0 Å². The highest BCUT2D eigenvalue weighted by atomic mass is 19.1. The topological polar surface area (TPSA) is 46.5 Å². The molecule has 1 atom stereocenters. The van der Waals surface area contributed by atoms with Crippen LogP contribution in [-0.4, -0.2) is 17.2 Å². The largest absolute Gasteiger partial charge is 0.479 e. The van der Waals surface area contributed by atoms with Gasteiger partial charge in [-0.3, -0.25) is 0 Å². The molecule has 1 rings (SSSR count). The van der Waals surface area contributed by atoms with Crippen molar-refractivity contribution >= 4 is 5.97 Å². The third-order valence-electron chi connectivity index (χ3n) is 2.17. The van der Waals surface area contributed by atoms with Gasteiger partial charge >= 0.3 is 5.97 Å². The summed E-state index contributed by atoms with van der Waals surface area (Å²) in [6.07, 6.45) is 1.20. The number of carboxylic acids is 1. The summed E-state index contributed by atoms with van der Waals surface area (Å²) < 4.78 is 18.1. The summed E-state index contributed by atoms with van der Waals surface area (Å²) in [4.78, 5) is 10.9. The Balaban J connectivity index is 2.64. The Labute approximate surface area is 93.9 Å². The molecule has 0 heterocycles. The van der Waals surface area contributed by atoms with Gasteiger partial charge in [-0.1, -0.05) is 19.4 Å². The van der Waals surface area contributed by atoms with Gasteiger partial charge in [-0.25, -0.2) is 9.18 Å². The Morgan fingerprint density at radius 2 is 2.31 bits per heavy atom. The Hall–Kier alpha value is -1.58. The number of carbonyl (C=O) groups is 1. The quantitative estimate of drug-likeness (QED) is 0.811. The maximum absolute atomic E-state index is 12.8. The first-order valence-corrected chi connectivity index (χ1v) is 5.28. The summed E-state index contributed by atoms with van der Waals surface area (Å²) in [5, 5.41) is 8.91. The first-order chi connectivity index (χ1) is 7.63. The predicted octanol–water partition coefficient (Wildman–Crippen LogP) is 2.85. The molecular formula is C12H15FO3. The van der Waals surface area contributed by atoms with E-state index in [0.29, 0.717) is 6.42 Å². The lowest BCUT2D eigenvalue weighted by atomic mass is 10.1. The van der Waals surface area contributed by atoms with Gasteiger partial charge in [-0.05, 0) is 25.0 Å². The van der Waals surface area contributed by atoms with Gasteiger partial charge in [0.1, 0.15) is 11.6 Å². The Bertz CT molecular complexity index is 352. The molecule has 0 saturated carbocycles. The molecule has 0 spiro atoms. The van der Waals surface area contributed by atoms with Crippen molar-refractivity contribution in [3.05, 3.63) is 30.1 Å². The highest BCUT2D eigenvalue weighted by Gasteiger charge is 2.18. The van der Waals surface area contributed by atoms with Crippen LogP contribution in [0.1, 0.15) is 26.2 Å². The second-order valence-electron chi connectivity index (χ2n) is 3.54. The highest BCUT2D eigenvalue weighted by Crippen LogP contribution is 2.16. The van der Waals surface area contributed by atoms with E-state index < -0.39 is 17.9 Å². The van der Waals surface area contributed by atoms with Crippen molar-refractivity contribution in [2.45, 2.75) is 32.3 Å². The van der Waals surface area contributed by atoms with E-state index in [-0.39, 0.29) is 5.75 Å². The minimum atomic E-state index is -1.02. The SMILES string of the molecule is CCCCC(Oc1cccc(F)c1)C(=O)O. The molecule has 0 radical (unpaired) electrons. The van der Waals surface area contributed by atoms with Gasteiger partial charge in [0, 0.05) is 6.07 Å². The Kier molecular flexibility index (Phi) is 4.76. The molecule has 0 fully saturated rings. The third-order valence-corrected chi connectivity index (χ3v) is 2.17. The zero-order valence-corrected chi connectivity index (χ0v) is 9.15. The van der Waals surface area contributed by atoms with Gasteiger partial charge in [-0.2, -0.15) is 0 Å². The lowest BCUT2D eigenvalue weighted by Gasteiger charge is -2.14. The summed E-state index contributed by atoms with van der Waals surface area (Å²) in [6.45, 7) is 1.97. The molecule has 1 aromatic carbocycles. The van der Waals surface area contributed by atoms with E-state index in [1.807, 2.05) is 6.92 Å². The van der Waals surface area contributed by atoms with E-state index >= 15 is 0 Å². The monoisotopic (exact) mass is 226 g/mol. The normalized spacial score (nSPS) is 12.1. The average molecular weight is 226 g/mol. The number of hydrogen-bond donors (Lipinski definition) is 1. The lowest BCUT2D eigenvalue weighted by molar-refractivity contribution is -0.145. The van der Waals surface area contributed by atoms with Crippen molar-refractivity contribution in [1.29, 1.82) is 0 Å². The van der Waals surface area contributed by atoms with Crippen LogP contribution in [0.4, 0.5) is 4.39 Å². The van der Waals surface area contributed by atoms with Crippen LogP contribution in [0, 0.1) is 5.82 Å². The lowest BCUT2D eigenvalue weighted by Crippen LogP contribution is -2.26. The van der Waals surface area contributed by atoms with Crippen LogP contribution in [0.3, 0.4) is 0 Å². The van der Waals surface area contributed by atoms with E-state index in [0.717, 1.165) is 12.8 Å². The van der Waals surface area contributed by atoms with Gasteiger partial charge in [0.05, 0.1) is 0 Å². The molecule has 0 aliphatic carbocycles. The van der Waals surface area contributed by atoms with Gasteiger partial charge in [-0.15, -0.1) is 0 Å². The van der Waals surface area contributed by atoms with Crippen LogP contribution >= 0.6 is 0 Å². The van der Waals surface area contributed by atoms with E-state index in [1.54, 1.807) is 6.07 Å². The highest BCUT2D eigenvalue weighted by molar-refractivity contribution is 5.72. The number of carboxylic acid groups (broad SMARTS) is 1. The predicted molar refractivity (Wildman–Crippen MR) is 58.0 cm³/mol. The van der Waals surface area contributed by atoms with Crippen molar-refractivity contribution in [3.8, 4) is 5.75 Å². The molecule has 3 nitrogen and oxygen atoms in total. The molecule has 0 saturated heterocycles. The van der Waals surface area contributed by atoms with E-state index in [2.05, 4.69) is 0 Å². The van der Waals surface area contributed by atoms with E-state index in [1.165, 1.54) is 18.2 Å². The standard InChI is InChI=1S/C12H15FO3/c1-2-3-7-11(12(14)15)16-10-6-4-5-9(13)8-10/h4-6,8,11H,2-3,7H2,1H3,(H,14,15). The zero-order valence-electron chi connectivity index (χ0n) is 9.15. The van der Waals surface area contributed by atoms with Crippen LogP contribution in [0.2, 0.25) is 0 Å². The minimum absolute atomic E-state index is 0.253. The molecule has 88 valence electrons. The minimum Gasteiger partial charge on any atom is -0.479 e. The van der Waals surface area contributed by atoms with Crippen LogP contribution in [0.5, 0.6) is 5.75 Å². The molecular weight excluding hydrogens is 211 g/mol. The maximum atomic E-state index is 12.8. The van der Waals surface area contributed by atoms with Crippen LogP contribution < -0.4 is 4.74 Å². The summed E-state index contributed by atoms with van der Waals surface area (Å²) in [5.74, 6) is -1.20. The van der Waals surface area contributed by atoms with Crippen LogP contribution in [0.25, 0.3) is 0 Å². The zero-order chi connectivity index (χ0) is 12.0. The average Bonchev–Trinajstić information content (AvgIpc) is 2.24. The van der Waals surface area contributed by atoms with Crippen molar-refractivity contribution < 1.29 is 19.0 Å². The fraction of sp³-hybridized carbons (Fsp3) is 0.417. The maximum Gasteiger partial charge on any atom is 0.344 e. The smallest absolute Gasteiger partial charge is 0.344 e. The molecule has 4 heteroatoms. The summed E-state index contributed by atoms with van der Waals surface area (Å²) in [6, 6.07) is 5.50. The molecule has 0 aromatic heterocycles. The van der Waals surface area contributed by atoms with Crippen molar-refractivity contribution in [1.82, 2.24) is 0 Å². The fourth-order valence-corrected chi connectivity index (χ4v) is 1.33. The van der Waals surface area contributed by atoms with Gasteiger partial charge in [0.25, 0.3) is 0 Å². The van der Waals surface area contributed by atoms with Gasteiger partial charge in [0.15, 0.2) is 6.10 Å². The number of aliphatic carboxylic acids is 1. The summed E-state index contributed by atoms with van der Waals surface area (Å²) >= 11 is 0. The number of unbranched alkanes of at least 4 members (excludes halogenated alkanes) is 1. The number of hydrogen-bond acceptors (Lipinski definition) is 2. The molecule has 1 aromatic rings. The molecule has 0 aliphatic heterocycles. The number of ether oxygens (including phenoxy) is 1. The second kappa shape index (κ2) is 6.10. The van der Waals surface area contributed by atoms with Crippen molar-refractivity contribution in [3.63, 3.8) is 0 Å². The Morgan fingerprint density at radius 3 is 2.88 bits per heavy atom. The second-order valence-corrected chi connectivity index (χ2v) is 3.54. The third kappa shape index (κ3) is 3.88. The molecule has 1 unspecified atom stereocenters. The van der Waals surface area contributed by atoms with Crippen molar-refractivity contribution in [2.24, 2.45) is 0 Å². The van der Waals surface area contributed by atoms with E-state index in [4.69, 9.17) is 9.84 Å². The molecule has 1 N–H and O–H groups in total. The van der Waals surface area contributed by atoms with E-state index in [9.17, 15) is 9.18 Å². The summed E-state index contributed by atoms with van der Waals surface area (Å²) in [5.41, 5.74) is 0. The van der Waals surface area contributed by atoms with Crippen LogP contribution in [0.15, 0.2) is 24.3 Å². The Morgan fingerprint density at radius 1 is 1.56 bits per heavy atom. The number of halogens is 1.